The largest absolute Gasteiger partial charge is 0.465 e. The first-order chi connectivity index (χ1) is 7.36. The highest BCUT2D eigenvalue weighted by Crippen LogP contribution is 2.10. The molecule has 0 radical (unpaired) electrons. The second kappa shape index (κ2) is 4.40. The summed E-state index contributed by atoms with van der Waals surface area (Å²) in [6.45, 7) is 0. The Morgan fingerprint density at radius 3 is 2.06 bits per heavy atom. The van der Waals surface area contributed by atoms with Gasteiger partial charge < -0.3 is 4.74 Å². The van der Waals surface area contributed by atoms with Crippen molar-refractivity contribution in [1.82, 2.24) is 0 Å². The number of carbonyl (C=O) groups excluding carboxylic acids is 1. The number of hydrogen-bond acceptors (Lipinski definition) is 5. The summed E-state index contributed by atoms with van der Waals surface area (Å²) in [5.74, 6) is -0.596. The van der Waals surface area contributed by atoms with Gasteiger partial charge in [0.05, 0.1) is 12.7 Å². The van der Waals surface area contributed by atoms with E-state index in [2.05, 4.69) is 4.74 Å². The van der Waals surface area contributed by atoms with Crippen LogP contribution in [0, 0.1) is 5.41 Å². The van der Waals surface area contributed by atoms with E-state index in [0.29, 0.717) is 0 Å². The molecule has 0 aliphatic carbocycles. The zero-order valence-corrected chi connectivity index (χ0v) is 9.05. The van der Waals surface area contributed by atoms with Gasteiger partial charge in [0, 0.05) is 5.56 Å². The van der Waals surface area contributed by atoms with Crippen molar-refractivity contribution in [3.63, 3.8) is 0 Å². The summed E-state index contributed by atoms with van der Waals surface area (Å²) >= 11 is 0. The number of ether oxygens (including phenoxy) is 1. The Kier molecular flexibility index (Phi) is 3.38. The van der Waals surface area contributed by atoms with Crippen LogP contribution in [0.1, 0.15) is 15.9 Å². The molecule has 1 rings (SSSR count). The topological polar surface area (TPSA) is 84.3 Å². The van der Waals surface area contributed by atoms with E-state index in [0.717, 1.165) is 12.1 Å². The Morgan fingerprint density at radius 1 is 1.25 bits per heavy atom. The fourth-order valence-corrected chi connectivity index (χ4v) is 1.43. The lowest BCUT2D eigenvalue weighted by Gasteiger charge is -2.01. The number of nitrogens with one attached hydrogen (secondary N) is 1. The molecule has 0 unspecified atom stereocenters. The molecule has 0 saturated carbocycles. The van der Waals surface area contributed by atoms with E-state index >= 15 is 0 Å². The van der Waals surface area contributed by atoms with Gasteiger partial charge in [0.2, 0.25) is 0 Å². The summed E-state index contributed by atoms with van der Waals surface area (Å²) in [6, 6.07) is 4.82. The van der Waals surface area contributed by atoms with Crippen molar-refractivity contribution in [2.24, 2.45) is 0 Å². The van der Waals surface area contributed by atoms with Crippen molar-refractivity contribution in [3.8, 4) is 0 Å². The van der Waals surface area contributed by atoms with E-state index in [-0.39, 0.29) is 11.1 Å². The minimum Gasteiger partial charge on any atom is -0.465 e. The monoisotopic (exact) mass is 245 g/mol. The lowest BCUT2D eigenvalue weighted by Crippen LogP contribution is -2.09. The number of esters is 1. The fraction of sp³-hybridized carbons (Fsp3) is 0.111. The zero-order chi connectivity index (χ0) is 12.3. The molecule has 0 aromatic heterocycles. The average Bonchev–Trinajstić information content (AvgIpc) is 2.26. The Hall–Kier alpha value is -1.76. The van der Waals surface area contributed by atoms with Gasteiger partial charge in [-0.15, -0.1) is 0 Å². The Balaban J connectivity index is 3.05. The van der Waals surface area contributed by atoms with Crippen LogP contribution in [0.3, 0.4) is 0 Å². The standard InChI is InChI=1S/C9H8FNO4S/c1-15-9(12)7-4-2-6(3-5-7)8(11)16(10,13)14/h2-5,11H,1H3. The molecule has 5 nitrogen and oxygen atoms in total. The molecule has 16 heavy (non-hydrogen) atoms. The highest BCUT2D eigenvalue weighted by Gasteiger charge is 2.18. The third-order valence-corrected chi connectivity index (χ3v) is 2.54. The molecule has 1 N–H and O–H groups in total. The number of methoxy groups -OCH3 is 1. The normalized spacial score (nSPS) is 10.9. The maximum absolute atomic E-state index is 12.4. The SMILES string of the molecule is COC(=O)c1ccc(C(=N)S(=O)(=O)F)cc1. The molecule has 7 heteroatoms. The van der Waals surface area contributed by atoms with Crippen molar-refractivity contribution in [1.29, 1.82) is 5.41 Å². The molecular weight excluding hydrogens is 237 g/mol. The van der Waals surface area contributed by atoms with Crippen LogP contribution >= 0.6 is 0 Å². The lowest BCUT2D eigenvalue weighted by molar-refractivity contribution is 0.0600. The van der Waals surface area contributed by atoms with E-state index in [1.165, 1.54) is 19.2 Å². The van der Waals surface area contributed by atoms with Crippen LogP contribution in [0.15, 0.2) is 24.3 Å². The smallest absolute Gasteiger partial charge is 0.349 e. The van der Waals surface area contributed by atoms with Crippen molar-refractivity contribution >= 4 is 21.2 Å². The van der Waals surface area contributed by atoms with E-state index in [1.807, 2.05) is 0 Å². The van der Waals surface area contributed by atoms with Gasteiger partial charge in [-0.2, -0.15) is 8.42 Å². The molecule has 0 fully saturated rings. The maximum Gasteiger partial charge on any atom is 0.349 e. The molecule has 0 aliphatic rings. The van der Waals surface area contributed by atoms with Crippen molar-refractivity contribution in [2.45, 2.75) is 0 Å². The number of halogens is 1. The van der Waals surface area contributed by atoms with Gasteiger partial charge in [-0.1, -0.05) is 16.0 Å². The lowest BCUT2D eigenvalue weighted by atomic mass is 10.1. The first-order valence-corrected chi connectivity index (χ1v) is 5.46. The van der Waals surface area contributed by atoms with Gasteiger partial charge in [-0.25, -0.2) is 4.79 Å². The summed E-state index contributed by atoms with van der Waals surface area (Å²) < 4.78 is 37.7. The Labute approximate surface area is 91.6 Å². The predicted octanol–water partition coefficient (Wildman–Crippen LogP) is 1.10. The summed E-state index contributed by atoms with van der Waals surface area (Å²) in [4.78, 5) is 11.0. The third kappa shape index (κ3) is 2.63. The van der Waals surface area contributed by atoms with Crippen LogP contribution < -0.4 is 0 Å². The van der Waals surface area contributed by atoms with Gasteiger partial charge in [0.1, 0.15) is 0 Å². The van der Waals surface area contributed by atoms with E-state index in [4.69, 9.17) is 5.41 Å². The zero-order valence-electron chi connectivity index (χ0n) is 8.23. The summed E-state index contributed by atoms with van der Waals surface area (Å²) in [7, 11) is -3.83. The third-order valence-electron chi connectivity index (χ3n) is 1.81. The number of hydrogen-bond donors (Lipinski definition) is 1. The maximum atomic E-state index is 12.4. The van der Waals surface area contributed by atoms with Crippen molar-refractivity contribution < 1.29 is 21.8 Å². The van der Waals surface area contributed by atoms with Crippen LogP contribution in [-0.2, 0) is 15.0 Å². The molecule has 0 spiro atoms. The molecule has 1 aromatic rings. The quantitative estimate of drug-likeness (QED) is 0.366. The molecule has 86 valence electrons. The first kappa shape index (κ1) is 12.3. The predicted molar refractivity (Wildman–Crippen MR) is 54.6 cm³/mol. The average molecular weight is 245 g/mol. The van der Waals surface area contributed by atoms with E-state index < -0.39 is 21.2 Å². The first-order valence-electron chi connectivity index (χ1n) is 4.08. The molecular formula is C9H8FNO4S. The number of rotatable bonds is 2. The van der Waals surface area contributed by atoms with Crippen LogP contribution in [0.4, 0.5) is 3.89 Å². The van der Waals surface area contributed by atoms with Crippen LogP contribution in [-0.4, -0.2) is 26.5 Å². The van der Waals surface area contributed by atoms with Gasteiger partial charge in [0.25, 0.3) is 0 Å². The minimum absolute atomic E-state index is 0.129. The van der Waals surface area contributed by atoms with Gasteiger partial charge in [0.15, 0.2) is 5.04 Å². The number of benzene rings is 1. The molecule has 0 heterocycles. The van der Waals surface area contributed by atoms with Crippen molar-refractivity contribution in [3.05, 3.63) is 35.4 Å². The van der Waals surface area contributed by atoms with Crippen LogP contribution in [0.25, 0.3) is 0 Å². The molecule has 0 atom stereocenters. The summed E-state index contributed by atoms with van der Waals surface area (Å²) in [5, 5.41) is 5.89. The second-order valence-electron chi connectivity index (χ2n) is 2.84. The second-order valence-corrected chi connectivity index (χ2v) is 4.12. The minimum atomic E-state index is -5.03. The van der Waals surface area contributed by atoms with Gasteiger partial charge >= 0.3 is 16.2 Å². The number of carbonyl (C=O) groups is 1. The molecule has 0 bridgehead atoms. The highest BCUT2D eigenvalue weighted by molar-refractivity contribution is 8.02. The van der Waals surface area contributed by atoms with E-state index in [9.17, 15) is 17.1 Å². The van der Waals surface area contributed by atoms with Crippen LogP contribution in [0.2, 0.25) is 0 Å². The molecule has 0 aliphatic heterocycles. The summed E-state index contributed by atoms with van der Waals surface area (Å²) in [5.41, 5.74) is 0.0606. The molecule has 0 saturated heterocycles. The van der Waals surface area contributed by atoms with Gasteiger partial charge in [-0.3, -0.25) is 5.41 Å². The van der Waals surface area contributed by atoms with Gasteiger partial charge in [-0.05, 0) is 12.1 Å². The van der Waals surface area contributed by atoms with Crippen LogP contribution in [0.5, 0.6) is 0 Å². The fourth-order valence-electron chi connectivity index (χ4n) is 1.02. The van der Waals surface area contributed by atoms with Crippen molar-refractivity contribution in [2.75, 3.05) is 7.11 Å². The Morgan fingerprint density at radius 2 is 1.69 bits per heavy atom. The Bertz CT molecular complexity index is 521. The summed E-state index contributed by atoms with van der Waals surface area (Å²) in [6.07, 6.45) is 0. The molecule has 0 amide bonds. The molecule has 1 aromatic carbocycles. The highest BCUT2D eigenvalue weighted by atomic mass is 32.3. The van der Waals surface area contributed by atoms with E-state index in [1.54, 1.807) is 0 Å².